The molecule has 0 bridgehead atoms. The van der Waals surface area contributed by atoms with Gasteiger partial charge >= 0.3 is 0 Å². The van der Waals surface area contributed by atoms with Crippen LogP contribution in [0.15, 0.2) is 68.9 Å². The molecule has 3 heterocycles. The Morgan fingerprint density at radius 1 is 1.21 bits per heavy atom. The van der Waals surface area contributed by atoms with Crippen molar-refractivity contribution in [3.63, 3.8) is 0 Å². The highest BCUT2D eigenvalue weighted by molar-refractivity contribution is 6.15. The first-order chi connectivity index (χ1) is 13.5. The maximum absolute atomic E-state index is 13.2. The van der Waals surface area contributed by atoms with E-state index in [1.165, 1.54) is 11.2 Å². The Labute approximate surface area is 161 Å². The molecule has 1 aliphatic heterocycles. The number of hydrogen-bond acceptors (Lipinski definition) is 6. The van der Waals surface area contributed by atoms with Gasteiger partial charge in [-0.05, 0) is 38.4 Å². The molecule has 1 aromatic carbocycles. The maximum atomic E-state index is 13.2. The van der Waals surface area contributed by atoms with Crippen LogP contribution in [0.5, 0.6) is 0 Å². The summed E-state index contributed by atoms with van der Waals surface area (Å²) in [6.45, 7) is 0.903. The number of para-hydroxylation sites is 1. The zero-order valence-corrected chi connectivity index (χ0v) is 15.6. The van der Waals surface area contributed by atoms with Crippen molar-refractivity contribution in [2.45, 2.75) is 6.04 Å². The van der Waals surface area contributed by atoms with Crippen molar-refractivity contribution in [3.05, 3.63) is 71.6 Å². The number of likely N-dealkylation sites (N-methyl/N-ethyl adjacent to an activating group) is 1. The Morgan fingerprint density at radius 2 is 2.00 bits per heavy atom. The molecule has 0 unspecified atom stereocenters. The first kappa shape index (κ1) is 18.1. The van der Waals surface area contributed by atoms with Crippen molar-refractivity contribution in [2.24, 2.45) is 0 Å². The zero-order chi connectivity index (χ0) is 19.8. The van der Waals surface area contributed by atoms with Gasteiger partial charge in [-0.3, -0.25) is 9.59 Å². The van der Waals surface area contributed by atoms with Crippen LogP contribution in [0, 0.1) is 0 Å². The summed E-state index contributed by atoms with van der Waals surface area (Å²) in [5.41, 5.74) is 0.534. The Balaban J connectivity index is 1.76. The minimum absolute atomic E-state index is 0.0298. The van der Waals surface area contributed by atoms with Crippen molar-refractivity contribution >= 4 is 22.7 Å². The van der Waals surface area contributed by atoms with E-state index in [1.807, 2.05) is 37.2 Å². The summed E-state index contributed by atoms with van der Waals surface area (Å²) in [6, 6.07) is 11.4. The van der Waals surface area contributed by atoms with Gasteiger partial charge in [0.1, 0.15) is 17.4 Å². The lowest BCUT2D eigenvalue weighted by atomic mass is 9.99. The van der Waals surface area contributed by atoms with Crippen molar-refractivity contribution in [2.75, 3.05) is 27.2 Å². The largest absolute Gasteiger partial charge is 0.503 e. The molecule has 3 aromatic rings. The van der Waals surface area contributed by atoms with E-state index in [-0.39, 0.29) is 11.3 Å². The Morgan fingerprint density at radius 3 is 2.68 bits per heavy atom. The smallest absolute Gasteiger partial charge is 0.290 e. The van der Waals surface area contributed by atoms with E-state index >= 15 is 0 Å². The average Bonchev–Trinajstić information content (AvgIpc) is 3.39. The number of aliphatic hydroxyl groups is 1. The topological polar surface area (TPSA) is 87.1 Å². The molecule has 7 heteroatoms. The Hall–Kier alpha value is -3.32. The molecule has 0 aliphatic carbocycles. The van der Waals surface area contributed by atoms with Gasteiger partial charge < -0.3 is 23.7 Å². The molecule has 7 nitrogen and oxygen atoms in total. The number of Topliss-reactive ketones (excluding diaryl/α,β-unsaturated/α-hetero) is 1. The minimum atomic E-state index is -0.803. The maximum Gasteiger partial charge on any atom is 0.290 e. The van der Waals surface area contributed by atoms with Gasteiger partial charge in [0.05, 0.1) is 11.8 Å². The van der Waals surface area contributed by atoms with Crippen LogP contribution in [0.3, 0.4) is 0 Å². The van der Waals surface area contributed by atoms with E-state index in [4.69, 9.17) is 8.83 Å². The number of furan rings is 2. The van der Waals surface area contributed by atoms with E-state index in [0.29, 0.717) is 24.4 Å². The third-order valence-electron chi connectivity index (χ3n) is 4.80. The number of carbonyl (C=O) groups is 2. The van der Waals surface area contributed by atoms with Crippen LogP contribution >= 0.6 is 0 Å². The third kappa shape index (κ3) is 2.99. The number of aliphatic hydroxyl groups excluding tert-OH is 1. The van der Waals surface area contributed by atoms with Gasteiger partial charge in [0.25, 0.3) is 5.91 Å². The van der Waals surface area contributed by atoms with E-state index in [1.54, 1.807) is 24.3 Å². The predicted octanol–water partition coefficient (Wildman–Crippen LogP) is 3.17. The minimum Gasteiger partial charge on any atom is -0.503 e. The molecule has 0 radical (unpaired) electrons. The summed E-state index contributed by atoms with van der Waals surface area (Å²) in [4.78, 5) is 29.3. The number of carbonyl (C=O) groups excluding carboxylic acids is 2. The van der Waals surface area contributed by atoms with Crippen LogP contribution in [-0.4, -0.2) is 53.8 Å². The fraction of sp³-hybridized carbons (Fsp3) is 0.238. The van der Waals surface area contributed by atoms with Crippen LogP contribution < -0.4 is 0 Å². The molecule has 1 aliphatic rings. The van der Waals surface area contributed by atoms with Gasteiger partial charge in [0.2, 0.25) is 5.78 Å². The molecular weight excluding hydrogens is 360 g/mol. The molecule has 0 fully saturated rings. The van der Waals surface area contributed by atoms with E-state index in [0.717, 1.165) is 5.39 Å². The van der Waals surface area contributed by atoms with Crippen molar-refractivity contribution < 1.29 is 23.5 Å². The quantitative estimate of drug-likeness (QED) is 0.661. The summed E-state index contributed by atoms with van der Waals surface area (Å²) >= 11 is 0. The normalized spacial score (nSPS) is 17.3. The molecule has 4 rings (SSSR count). The fourth-order valence-electron chi connectivity index (χ4n) is 3.39. The number of ketones is 1. The number of fused-ring (bicyclic) bond motifs is 1. The highest BCUT2D eigenvalue weighted by atomic mass is 16.3. The van der Waals surface area contributed by atoms with Crippen molar-refractivity contribution in [1.82, 2.24) is 9.80 Å². The van der Waals surface area contributed by atoms with Gasteiger partial charge in [0.15, 0.2) is 11.5 Å². The van der Waals surface area contributed by atoms with Crippen LogP contribution in [0.2, 0.25) is 0 Å². The van der Waals surface area contributed by atoms with Gasteiger partial charge in [-0.2, -0.15) is 0 Å². The van der Waals surface area contributed by atoms with E-state index in [2.05, 4.69) is 0 Å². The van der Waals surface area contributed by atoms with Gasteiger partial charge in [-0.15, -0.1) is 0 Å². The number of nitrogens with zero attached hydrogens (tertiary/aromatic N) is 2. The molecule has 1 amide bonds. The lowest BCUT2D eigenvalue weighted by Crippen LogP contribution is -2.36. The summed E-state index contributed by atoms with van der Waals surface area (Å²) in [5.74, 6) is -1.21. The predicted molar refractivity (Wildman–Crippen MR) is 102 cm³/mol. The molecule has 1 atom stereocenters. The second-order valence-electron chi connectivity index (χ2n) is 6.96. The van der Waals surface area contributed by atoms with Crippen molar-refractivity contribution in [3.8, 4) is 0 Å². The number of benzene rings is 1. The lowest BCUT2D eigenvalue weighted by Gasteiger charge is -2.26. The van der Waals surface area contributed by atoms with E-state index in [9.17, 15) is 14.7 Å². The van der Waals surface area contributed by atoms with Crippen LogP contribution in [0.4, 0.5) is 0 Å². The van der Waals surface area contributed by atoms with Crippen LogP contribution in [0.25, 0.3) is 11.0 Å². The molecule has 0 saturated carbocycles. The number of hydrogen-bond donors (Lipinski definition) is 1. The first-order valence-electron chi connectivity index (χ1n) is 8.93. The lowest BCUT2D eigenvalue weighted by molar-refractivity contribution is -0.129. The number of amides is 1. The highest BCUT2D eigenvalue weighted by Gasteiger charge is 2.45. The average molecular weight is 380 g/mol. The van der Waals surface area contributed by atoms with Gasteiger partial charge in [-0.25, -0.2) is 0 Å². The van der Waals surface area contributed by atoms with Crippen LogP contribution in [0.1, 0.15) is 22.4 Å². The third-order valence-corrected chi connectivity index (χ3v) is 4.80. The molecule has 1 N–H and O–H groups in total. The molecular formula is C21H20N2O5. The zero-order valence-electron chi connectivity index (χ0n) is 15.6. The molecule has 0 saturated heterocycles. The highest BCUT2D eigenvalue weighted by Crippen LogP contribution is 2.39. The van der Waals surface area contributed by atoms with Crippen LogP contribution in [-0.2, 0) is 4.79 Å². The SMILES string of the molecule is CN(C)CCN1C(=O)C(O)=C(C(=O)c2cc3ccccc3o2)[C@H]1c1ccco1. The summed E-state index contributed by atoms with van der Waals surface area (Å²) in [5, 5.41) is 11.3. The molecule has 144 valence electrons. The van der Waals surface area contributed by atoms with Crippen molar-refractivity contribution in [1.29, 1.82) is 0 Å². The summed E-state index contributed by atoms with van der Waals surface area (Å²) < 4.78 is 11.2. The standard InChI is InChI=1S/C21H20N2O5/c1-22(2)9-10-23-18(15-8-5-11-27-15)17(20(25)21(23)26)19(24)16-12-13-6-3-4-7-14(13)28-16/h3-8,11-12,18,25H,9-10H2,1-2H3/t18-/m1/s1. The second-order valence-corrected chi connectivity index (χ2v) is 6.96. The van der Waals surface area contributed by atoms with Gasteiger partial charge in [0, 0.05) is 18.5 Å². The molecule has 28 heavy (non-hydrogen) atoms. The Kier molecular flexibility index (Phi) is 4.52. The molecule has 0 spiro atoms. The molecule has 2 aromatic heterocycles. The summed E-state index contributed by atoms with van der Waals surface area (Å²) in [6.07, 6.45) is 1.47. The summed E-state index contributed by atoms with van der Waals surface area (Å²) in [7, 11) is 3.77. The monoisotopic (exact) mass is 380 g/mol. The van der Waals surface area contributed by atoms with Gasteiger partial charge in [-0.1, -0.05) is 18.2 Å². The fourth-order valence-corrected chi connectivity index (χ4v) is 3.39. The number of rotatable bonds is 6. The van der Waals surface area contributed by atoms with E-state index < -0.39 is 23.5 Å². The second kappa shape index (κ2) is 7.01. The Bertz CT molecular complexity index is 1030. The first-order valence-corrected chi connectivity index (χ1v) is 8.93.